The lowest BCUT2D eigenvalue weighted by Crippen LogP contribution is -1.93. The zero-order chi connectivity index (χ0) is 14.9. The van der Waals surface area contributed by atoms with E-state index in [2.05, 4.69) is 15.2 Å². The molecule has 6 heteroatoms. The Labute approximate surface area is 130 Å². The Morgan fingerprint density at radius 2 is 2.00 bits per heavy atom. The fraction of sp³-hybridized carbons (Fsp3) is 0.0625. The molecule has 0 aliphatic rings. The number of rotatable bonds is 3. The summed E-state index contributed by atoms with van der Waals surface area (Å²) in [6.45, 7) is 0. The summed E-state index contributed by atoms with van der Waals surface area (Å²) in [4.78, 5) is 4.47. The maximum Gasteiger partial charge on any atom is 0.259 e. The number of aromatic nitrogens is 4. The molecule has 4 aromatic rings. The minimum absolute atomic E-state index is 0.544. The zero-order valence-corrected chi connectivity index (χ0v) is 12.6. The molecule has 0 fully saturated rings. The van der Waals surface area contributed by atoms with Crippen molar-refractivity contribution in [2.24, 2.45) is 7.05 Å². The van der Waals surface area contributed by atoms with Gasteiger partial charge in [0, 0.05) is 29.8 Å². The third kappa shape index (κ3) is 2.23. The summed E-state index contributed by atoms with van der Waals surface area (Å²) >= 11 is 1.60. The number of nitrogens with zero attached hydrogens (tertiary/aromatic N) is 4. The molecule has 0 atom stereocenters. The number of thiophene rings is 1. The van der Waals surface area contributed by atoms with Gasteiger partial charge in [0.15, 0.2) is 0 Å². The summed E-state index contributed by atoms with van der Waals surface area (Å²) < 4.78 is 7.19. The second kappa shape index (κ2) is 5.23. The SMILES string of the molecule is Cn1nccc1-c1cccc(-c2noc(-c3ccsc3)n2)c1. The highest BCUT2D eigenvalue weighted by Gasteiger charge is 2.12. The van der Waals surface area contributed by atoms with Crippen LogP contribution in [0.2, 0.25) is 0 Å². The Hall–Kier alpha value is -2.73. The lowest BCUT2D eigenvalue weighted by atomic mass is 10.1. The van der Waals surface area contributed by atoms with Crippen molar-refractivity contribution in [2.75, 3.05) is 0 Å². The molecule has 0 aliphatic carbocycles. The maximum absolute atomic E-state index is 5.35. The molecule has 0 spiro atoms. The quantitative estimate of drug-likeness (QED) is 0.576. The fourth-order valence-corrected chi connectivity index (χ4v) is 2.95. The number of hydrogen-bond donors (Lipinski definition) is 0. The summed E-state index contributed by atoms with van der Waals surface area (Å²) in [5.74, 6) is 1.13. The average molecular weight is 308 g/mol. The minimum atomic E-state index is 0.544. The van der Waals surface area contributed by atoms with Gasteiger partial charge in [-0.1, -0.05) is 23.4 Å². The Morgan fingerprint density at radius 1 is 1.09 bits per heavy atom. The highest BCUT2D eigenvalue weighted by Crippen LogP contribution is 2.27. The second-order valence-corrected chi connectivity index (χ2v) is 5.64. The molecule has 0 unspecified atom stereocenters. The predicted octanol–water partition coefficient (Wildman–Crippen LogP) is 3.87. The lowest BCUT2D eigenvalue weighted by Gasteiger charge is -2.03. The van der Waals surface area contributed by atoms with E-state index in [1.165, 1.54) is 0 Å². The highest BCUT2D eigenvalue weighted by molar-refractivity contribution is 7.08. The molecule has 0 bridgehead atoms. The molecule has 3 aromatic heterocycles. The number of hydrogen-bond acceptors (Lipinski definition) is 5. The number of benzene rings is 1. The molecule has 0 N–H and O–H groups in total. The van der Waals surface area contributed by atoms with E-state index in [0.29, 0.717) is 11.7 Å². The molecule has 108 valence electrons. The summed E-state index contributed by atoms with van der Waals surface area (Å²) in [6.07, 6.45) is 1.78. The molecule has 0 saturated carbocycles. The first-order valence-electron chi connectivity index (χ1n) is 6.76. The van der Waals surface area contributed by atoms with Crippen LogP contribution in [0.1, 0.15) is 0 Å². The standard InChI is InChI=1S/C16H12N4OS/c1-20-14(5-7-17-20)11-3-2-4-12(9-11)15-18-16(21-19-15)13-6-8-22-10-13/h2-10H,1H3. The molecular weight excluding hydrogens is 296 g/mol. The van der Waals surface area contributed by atoms with E-state index in [0.717, 1.165) is 22.4 Å². The third-order valence-corrected chi connectivity index (χ3v) is 4.11. The van der Waals surface area contributed by atoms with Crippen molar-refractivity contribution in [2.45, 2.75) is 0 Å². The Balaban J connectivity index is 1.73. The van der Waals surface area contributed by atoms with Crippen molar-refractivity contribution in [1.29, 1.82) is 0 Å². The Kier molecular flexibility index (Phi) is 3.08. The molecular formula is C16H12N4OS. The highest BCUT2D eigenvalue weighted by atomic mass is 32.1. The average Bonchev–Trinajstić information content (AvgIpc) is 3.28. The van der Waals surface area contributed by atoms with Crippen LogP contribution in [0, 0.1) is 0 Å². The van der Waals surface area contributed by atoms with Crippen LogP contribution >= 0.6 is 11.3 Å². The molecule has 0 amide bonds. The van der Waals surface area contributed by atoms with Crippen molar-refractivity contribution >= 4 is 11.3 Å². The topological polar surface area (TPSA) is 56.7 Å². The van der Waals surface area contributed by atoms with Crippen molar-refractivity contribution in [3.63, 3.8) is 0 Å². The normalized spacial score (nSPS) is 11.0. The van der Waals surface area contributed by atoms with Gasteiger partial charge < -0.3 is 4.52 Å². The molecule has 0 radical (unpaired) electrons. The first kappa shape index (κ1) is 13.0. The first-order valence-corrected chi connectivity index (χ1v) is 7.70. The Morgan fingerprint density at radius 3 is 2.77 bits per heavy atom. The Bertz CT molecular complexity index is 908. The smallest absolute Gasteiger partial charge is 0.259 e. The van der Waals surface area contributed by atoms with Gasteiger partial charge in [-0.25, -0.2) is 0 Å². The van der Waals surface area contributed by atoms with E-state index in [1.807, 2.05) is 58.9 Å². The van der Waals surface area contributed by atoms with Gasteiger partial charge in [-0.3, -0.25) is 4.68 Å². The number of aryl methyl sites for hydroxylation is 1. The van der Waals surface area contributed by atoms with E-state index < -0.39 is 0 Å². The van der Waals surface area contributed by atoms with E-state index in [-0.39, 0.29) is 0 Å². The third-order valence-electron chi connectivity index (χ3n) is 3.43. The second-order valence-electron chi connectivity index (χ2n) is 4.86. The summed E-state index contributed by atoms with van der Waals surface area (Å²) in [5.41, 5.74) is 3.98. The molecule has 3 heterocycles. The molecule has 4 rings (SSSR count). The van der Waals surface area contributed by atoms with Crippen LogP contribution in [-0.2, 0) is 7.05 Å². The molecule has 0 saturated heterocycles. The molecule has 22 heavy (non-hydrogen) atoms. The zero-order valence-electron chi connectivity index (χ0n) is 11.8. The van der Waals surface area contributed by atoms with Crippen LogP contribution in [0.25, 0.3) is 34.1 Å². The van der Waals surface area contributed by atoms with E-state index in [4.69, 9.17) is 4.52 Å². The molecule has 5 nitrogen and oxygen atoms in total. The van der Waals surface area contributed by atoms with E-state index in [1.54, 1.807) is 17.5 Å². The van der Waals surface area contributed by atoms with Crippen molar-refractivity contribution in [1.82, 2.24) is 19.9 Å². The van der Waals surface area contributed by atoms with Gasteiger partial charge in [-0.15, -0.1) is 0 Å². The largest absolute Gasteiger partial charge is 0.334 e. The van der Waals surface area contributed by atoms with E-state index in [9.17, 15) is 0 Å². The van der Waals surface area contributed by atoms with Crippen molar-refractivity contribution < 1.29 is 4.52 Å². The maximum atomic E-state index is 5.35. The van der Waals surface area contributed by atoms with Crippen LogP contribution in [0.5, 0.6) is 0 Å². The molecule has 1 aromatic carbocycles. The van der Waals surface area contributed by atoms with Crippen LogP contribution < -0.4 is 0 Å². The van der Waals surface area contributed by atoms with E-state index >= 15 is 0 Å². The van der Waals surface area contributed by atoms with Gasteiger partial charge in [0.05, 0.1) is 11.3 Å². The summed E-state index contributed by atoms with van der Waals surface area (Å²) in [7, 11) is 1.92. The first-order chi connectivity index (χ1) is 10.8. The molecule has 0 aliphatic heterocycles. The van der Waals surface area contributed by atoms with Crippen LogP contribution in [0.3, 0.4) is 0 Å². The van der Waals surface area contributed by atoms with Gasteiger partial charge in [-0.2, -0.15) is 21.4 Å². The van der Waals surface area contributed by atoms with Gasteiger partial charge in [-0.05, 0) is 23.6 Å². The minimum Gasteiger partial charge on any atom is -0.334 e. The van der Waals surface area contributed by atoms with Gasteiger partial charge in [0.2, 0.25) is 5.82 Å². The van der Waals surface area contributed by atoms with Gasteiger partial charge in [0.1, 0.15) is 0 Å². The van der Waals surface area contributed by atoms with Crippen LogP contribution in [0.4, 0.5) is 0 Å². The lowest BCUT2D eigenvalue weighted by molar-refractivity contribution is 0.432. The fourth-order valence-electron chi connectivity index (χ4n) is 2.32. The van der Waals surface area contributed by atoms with Crippen molar-refractivity contribution in [3.8, 4) is 34.1 Å². The van der Waals surface area contributed by atoms with Crippen LogP contribution in [-0.4, -0.2) is 19.9 Å². The predicted molar refractivity (Wildman–Crippen MR) is 85.2 cm³/mol. The van der Waals surface area contributed by atoms with Crippen molar-refractivity contribution in [3.05, 3.63) is 53.4 Å². The summed E-state index contributed by atoms with van der Waals surface area (Å²) in [6, 6.07) is 12.0. The van der Waals surface area contributed by atoms with Gasteiger partial charge in [0.25, 0.3) is 5.89 Å². The monoisotopic (exact) mass is 308 g/mol. The summed E-state index contributed by atoms with van der Waals surface area (Å²) in [5, 5.41) is 12.3. The van der Waals surface area contributed by atoms with Gasteiger partial charge >= 0.3 is 0 Å². The van der Waals surface area contributed by atoms with Crippen LogP contribution in [0.15, 0.2) is 57.9 Å².